The summed E-state index contributed by atoms with van der Waals surface area (Å²) in [4.78, 5) is 0. The number of halogens is 5. The van der Waals surface area contributed by atoms with Crippen molar-refractivity contribution in [3.05, 3.63) is 67.6 Å². The van der Waals surface area contributed by atoms with E-state index in [4.69, 9.17) is 62.7 Å². The van der Waals surface area contributed by atoms with Gasteiger partial charge in [0, 0.05) is 17.3 Å². The lowest BCUT2D eigenvalue weighted by Gasteiger charge is -2.12. The highest BCUT2D eigenvalue weighted by atomic mass is 35.5. The van der Waals surface area contributed by atoms with Gasteiger partial charge < -0.3 is 10.1 Å². The minimum atomic E-state index is 0.124. The van der Waals surface area contributed by atoms with Gasteiger partial charge in [-0.2, -0.15) is 0 Å². The molecule has 122 valence electrons. The van der Waals surface area contributed by atoms with Gasteiger partial charge in [0.05, 0.1) is 10.0 Å². The van der Waals surface area contributed by atoms with Crippen LogP contribution in [0.1, 0.15) is 5.56 Å². The topological polar surface area (TPSA) is 21.3 Å². The fraction of sp³-hybridized carbons (Fsp3) is 0.125. The fourth-order valence-corrected chi connectivity index (χ4v) is 2.64. The molecule has 0 bridgehead atoms. The van der Waals surface area contributed by atoms with E-state index >= 15 is 0 Å². The van der Waals surface area contributed by atoms with Gasteiger partial charge >= 0.3 is 0 Å². The van der Waals surface area contributed by atoms with E-state index in [0.717, 1.165) is 11.3 Å². The second kappa shape index (κ2) is 8.91. The van der Waals surface area contributed by atoms with Crippen LogP contribution in [0.3, 0.4) is 0 Å². The van der Waals surface area contributed by atoms with Crippen LogP contribution in [0.5, 0.6) is 5.75 Å². The minimum Gasteiger partial charge on any atom is -0.486 e. The maximum absolute atomic E-state index is 6.20. The van der Waals surface area contributed by atoms with Crippen LogP contribution in [0.2, 0.25) is 15.1 Å². The van der Waals surface area contributed by atoms with Gasteiger partial charge in [0.25, 0.3) is 0 Å². The molecule has 0 aliphatic carbocycles. The van der Waals surface area contributed by atoms with Crippen molar-refractivity contribution >= 4 is 63.7 Å². The van der Waals surface area contributed by atoms with Crippen molar-refractivity contribution in [2.45, 2.75) is 6.54 Å². The standard InChI is InChI=1S/C16H12Cl5NO/c17-11-3-1-10(2-4-11)9-22-12-7-13(18)16(14(19)8-12)23-6-5-15(20)21/h1-5,7-8,22H,6,9H2. The second-order valence-electron chi connectivity index (χ2n) is 4.55. The van der Waals surface area contributed by atoms with Gasteiger partial charge in [-0.05, 0) is 35.9 Å². The Balaban J connectivity index is 2.03. The molecule has 0 radical (unpaired) electrons. The Kier molecular flexibility index (Phi) is 7.19. The summed E-state index contributed by atoms with van der Waals surface area (Å²) in [5.41, 5.74) is 1.87. The zero-order valence-electron chi connectivity index (χ0n) is 11.8. The second-order valence-corrected chi connectivity index (χ2v) is 6.81. The first kappa shape index (κ1) is 18.6. The van der Waals surface area contributed by atoms with E-state index in [-0.39, 0.29) is 11.1 Å². The molecule has 2 nitrogen and oxygen atoms in total. The number of nitrogens with one attached hydrogen (secondary N) is 1. The molecule has 0 spiro atoms. The highest BCUT2D eigenvalue weighted by Crippen LogP contribution is 2.36. The van der Waals surface area contributed by atoms with Crippen LogP contribution in [0, 0.1) is 0 Å². The Hall–Kier alpha value is -0.770. The number of benzene rings is 2. The van der Waals surface area contributed by atoms with Crippen LogP contribution < -0.4 is 10.1 Å². The van der Waals surface area contributed by atoms with Gasteiger partial charge in [-0.3, -0.25) is 0 Å². The Bertz CT molecular complexity index is 673. The van der Waals surface area contributed by atoms with Crippen LogP contribution >= 0.6 is 58.0 Å². The van der Waals surface area contributed by atoms with E-state index in [1.165, 1.54) is 6.08 Å². The summed E-state index contributed by atoms with van der Waals surface area (Å²) in [6.45, 7) is 0.800. The molecule has 2 aromatic carbocycles. The highest BCUT2D eigenvalue weighted by Gasteiger charge is 2.09. The van der Waals surface area contributed by atoms with E-state index in [2.05, 4.69) is 5.32 Å². The van der Waals surface area contributed by atoms with Gasteiger partial charge in [0.1, 0.15) is 11.1 Å². The van der Waals surface area contributed by atoms with Gasteiger partial charge in [-0.25, -0.2) is 0 Å². The number of rotatable bonds is 6. The van der Waals surface area contributed by atoms with E-state index in [9.17, 15) is 0 Å². The lowest BCUT2D eigenvalue weighted by Crippen LogP contribution is -2.01. The molecule has 0 aromatic heterocycles. The Morgan fingerprint density at radius 3 is 2.17 bits per heavy atom. The highest BCUT2D eigenvalue weighted by molar-refractivity contribution is 6.55. The van der Waals surface area contributed by atoms with Gasteiger partial charge in [0.15, 0.2) is 5.75 Å². The molecule has 0 heterocycles. The molecule has 0 unspecified atom stereocenters. The van der Waals surface area contributed by atoms with Crippen LogP contribution in [0.15, 0.2) is 47.0 Å². The Morgan fingerprint density at radius 2 is 1.61 bits per heavy atom. The molecule has 0 aliphatic rings. The number of anilines is 1. The summed E-state index contributed by atoms with van der Waals surface area (Å²) < 4.78 is 5.58. The van der Waals surface area contributed by atoms with Crippen molar-refractivity contribution in [2.75, 3.05) is 11.9 Å². The molecular formula is C16H12Cl5NO. The van der Waals surface area contributed by atoms with Crippen molar-refractivity contribution in [2.24, 2.45) is 0 Å². The van der Waals surface area contributed by atoms with Crippen molar-refractivity contribution in [1.29, 1.82) is 0 Å². The third-order valence-corrected chi connectivity index (χ3v) is 4.00. The zero-order chi connectivity index (χ0) is 16.8. The van der Waals surface area contributed by atoms with Gasteiger partial charge in [-0.15, -0.1) is 0 Å². The zero-order valence-corrected chi connectivity index (χ0v) is 15.5. The third-order valence-electron chi connectivity index (χ3n) is 2.87. The molecule has 2 rings (SSSR count). The fourth-order valence-electron chi connectivity index (χ4n) is 1.79. The maximum Gasteiger partial charge on any atom is 0.157 e. The van der Waals surface area contributed by atoms with Crippen LogP contribution in [-0.2, 0) is 6.54 Å². The van der Waals surface area contributed by atoms with Gasteiger partial charge in [-0.1, -0.05) is 70.1 Å². The third kappa shape index (κ3) is 5.98. The summed E-state index contributed by atoms with van der Waals surface area (Å²) in [5, 5.41) is 4.74. The van der Waals surface area contributed by atoms with Crippen LogP contribution in [-0.4, -0.2) is 6.61 Å². The van der Waals surface area contributed by atoms with E-state index in [1.807, 2.05) is 24.3 Å². The lowest BCUT2D eigenvalue weighted by molar-refractivity contribution is 0.363. The van der Waals surface area contributed by atoms with Crippen molar-refractivity contribution in [3.63, 3.8) is 0 Å². The predicted molar refractivity (Wildman–Crippen MR) is 101 cm³/mol. The SMILES string of the molecule is ClC(Cl)=CCOc1c(Cl)cc(NCc2ccc(Cl)cc2)cc1Cl. The Labute approximate surface area is 159 Å². The average Bonchev–Trinajstić information content (AvgIpc) is 2.49. The molecule has 0 aliphatic heterocycles. The van der Waals surface area contributed by atoms with E-state index in [1.54, 1.807) is 12.1 Å². The summed E-state index contributed by atoms with van der Waals surface area (Å²) in [5.74, 6) is 0.385. The molecule has 0 saturated carbocycles. The number of ether oxygens (including phenoxy) is 1. The molecule has 0 atom stereocenters. The molecule has 0 saturated heterocycles. The van der Waals surface area contributed by atoms with E-state index < -0.39 is 0 Å². The molecule has 0 amide bonds. The first-order valence-electron chi connectivity index (χ1n) is 6.57. The van der Waals surface area contributed by atoms with Crippen molar-refractivity contribution in [3.8, 4) is 5.75 Å². The molecule has 0 fully saturated rings. The van der Waals surface area contributed by atoms with Crippen molar-refractivity contribution < 1.29 is 4.74 Å². The quantitative estimate of drug-likeness (QED) is 0.555. The molecular weight excluding hydrogens is 399 g/mol. The predicted octanol–water partition coefficient (Wildman–Crippen LogP) is 6.96. The monoisotopic (exact) mass is 409 g/mol. The number of hydrogen-bond acceptors (Lipinski definition) is 2. The summed E-state index contributed by atoms with van der Waals surface area (Å²) in [6.07, 6.45) is 1.50. The lowest BCUT2D eigenvalue weighted by atomic mass is 10.2. The Morgan fingerprint density at radius 1 is 1.00 bits per heavy atom. The summed E-state index contributed by atoms with van der Waals surface area (Å²) >= 11 is 29.3. The van der Waals surface area contributed by atoms with Crippen molar-refractivity contribution in [1.82, 2.24) is 0 Å². The van der Waals surface area contributed by atoms with Gasteiger partial charge in [0.2, 0.25) is 0 Å². The molecule has 23 heavy (non-hydrogen) atoms. The molecule has 1 N–H and O–H groups in total. The largest absolute Gasteiger partial charge is 0.486 e. The molecule has 2 aromatic rings. The smallest absolute Gasteiger partial charge is 0.157 e. The first-order valence-corrected chi connectivity index (χ1v) is 8.46. The summed E-state index contributed by atoms with van der Waals surface area (Å²) in [7, 11) is 0. The minimum absolute atomic E-state index is 0.124. The number of hydrogen-bond donors (Lipinski definition) is 1. The average molecular weight is 412 g/mol. The van der Waals surface area contributed by atoms with E-state index in [0.29, 0.717) is 27.4 Å². The summed E-state index contributed by atoms with van der Waals surface area (Å²) in [6, 6.07) is 11.0. The maximum atomic E-state index is 6.20. The normalized spacial score (nSPS) is 10.3. The first-order chi connectivity index (χ1) is 11.0. The van der Waals surface area contributed by atoms with Crippen LogP contribution in [0.25, 0.3) is 0 Å². The molecule has 7 heteroatoms. The van der Waals surface area contributed by atoms with Crippen LogP contribution in [0.4, 0.5) is 5.69 Å².